The van der Waals surface area contributed by atoms with Crippen molar-refractivity contribution in [3.8, 4) is 5.75 Å². The molecule has 2 aromatic rings. The van der Waals surface area contributed by atoms with E-state index < -0.39 is 17.4 Å². The van der Waals surface area contributed by atoms with Crippen molar-refractivity contribution in [2.24, 2.45) is 0 Å². The van der Waals surface area contributed by atoms with E-state index in [1.165, 1.54) is 22.8 Å². The third kappa shape index (κ3) is 4.45. The highest BCUT2D eigenvalue weighted by molar-refractivity contribution is 6.12. The Labute approximate surface area is 186 Å². The third-order valence-corrected chi connectivity index (χ3v) is 5.12. The van der Waals surface area contributed by atoms with Gasteiger partial charge in [-0.25, -0.2) is 4.79 Å². The maximum atomic E-state index is 13.5. The molecule has 10 heteroatoms. The Kier molecular flexibility index (Phi) is 7.14. The first kappa shape index (κ1) is 23.3. The van der Waals surface area contributed by atoms with Crippen molar-refractivity contribution in [1.29, 1.82) is 0 Å². The smallest absolute Gasteiger partial charge is 0.358 e. The standard InChI is InChI=1S/C22H28N4O6/c1-5-31-16-9-7-15(8-10-16)26-19(27)18-13-17(20(28)32-6-2)24-25(18)14-22(26,3)21(29)23-11-12-30-4/h7-10,13H,5-6,11-12,14H2,1-4H3,(H,23,29). The molecular weight excluding hydrogens is 416 g/mol. The van der Waals surface area contributed by atoms with E-state index in [9.17, 15) is 14.4 Å². The molecule has 0 aliphatic carbocycles. The van der Waals surface area contributed by atoms with E-state index in [1.54, 1.807) is 38.1 Å². The van der Waals surface area contributed by atoms with Gasteiger partial charge in [0.15, 0.2) is 5.69 Å². The van der Waals surface area contributed by atoms with Gasteiger partial charge in [-0.15, -0.1) is 0 Å². The van der Waals surface area contributed by atoms with Gasteiger partial charge in [0.1, 0.15) is 17.0 Å². The summed E-state index contributed by atoms with van der Waals surface area (Å²) in [6, 6.07) is 8.32. The summed E-state index contributed by atoms with van der Waals surface area (Å²) in [7, 11) is 1.54. The summed E-state index contributed by atoms with van der Waals surface area (Å²) in [5.74, 6) is -0.786. The van der Waals surface area contributed by atoms with Gasteiger partial charge < -0.3 is 19.5 Å². The molecule has 1 aliphatic rings. The number of rotatable bonds is 9. The molecule has 0 bridgehead atoms. The minimum atomic E-state index is -1.30. The van der Waals surface area contributed by atoms with Crippen LogP contribution < -0.4 is 15.0 Å². The predicted octanol–water partition coefficient (Wildman–Crippen LogP) is 1.64. The lowest BCUT2D eigenvalue weighted by Gasteiger charge is -2.43. The summed E-state index contributed by atoms with van der Waals surface area (Å²) < 4.78 is 16.9. The molecule has 2 heterocycles. The van der Waals surface area contributed by atoms with Crippen LogP contribution in [0.3, 0.4) is 0 Å². The van der Waals surface area contributed by atoms with Crippen LogP contribution in [0.1, 0.15) is 41.7 Å². The van der Waals surface area contributed by atoms with Gasteiger partial charge in [-0.2, -0.15) is 5.10 Å². The number of nitrogens with zero attached hydrogens (tertiary/aromatic N) is 3. The number of hydrogen-bond donors (Lipinski definition) is 1. The van der Waals surface area contributed by atoms with Crippen molar-refractivity contribution in [2.75, 3.05) is 38.4 Å². The van der Waals surface area contributed by atoms with Crippen LogP contribution in [0.4, 0.5) is 5.69 Å². The molecule has 1 N–H and O–H groups in total. The van der Waals surface area contributed by atoms with E-state index in [0.29, 0.717) is 24.7 Å². The van der Waals surface area contributed by atoms with E-state index >= 15 is 0 Å². The molecule has 1 atom stereocenters. The van der Waals surface area contributed by atoms with Crippen LogP contribution in [-0.4, -0.2) is 66.6 Å². The van der Waals surface area contributed by atoms with E-state index in [1.807, 2.05) is 6.92 Å². The lowest BCUT2D eigenvalue weighted by molar-refractivity contribution is -0.126. The highest BCUT2D eigenvalue weighted by Crippen LogP contribution is 2.33. The zero-order chi connectivity index (χ0) is 23.3. The molecule has 1 aromatic carbocycles. The molecule has 3 rings (SSSR count). The Bertz CT molecular complexity index is 987. The number of nitrogens with one attached hydrogen (secondary N) is 1. The Balaban J connectivity index is 2.03. The van der Waals surface area contributed by atoms with Crippen LogP contribution in [0.25, 0.3) is 0 Å². The number of esters is 1. The fourth-order valence-corrected chi connectivity index (χ4v) is 3.61. The van der Waals surface area contributed by atoms with Crippen LogP contribution >= 0.6 is 0 Å². The summed E-state index contributed by atoms with van der Waals surface area (Å²) in [6.07, 6.45) is 0. The average Bonchev–Trinajstić information content (AvgIpc) is 3.19. The monoisotopic (exact) mass is 444 g/mol. The van der Waals surface area contributed by atoms with Crippen molar-refractivity contribution in [2.45, 2.75) is 32.9 Å². The topological polar surface area (TPSA) is 112 Å². The molecule has 1 aliphatic heterocycles. The van der Waals surface area contributed by atoms with Crippen LogP contribution in [0.2, 0.25) is 0 Å². The molecule has 0 saturated carbocycles. The van der Waals surface area contributed by atoms with Gasteiger partial charge in [0.25, 0.3) is 5.91 Å². The predicted molar refractivity (Wildman–Crippen MR) is 116 cm³/mol. The number of methoxy groups -OCH3 is 1. The quantitative estimate of drug-likeness (QED) is 0.462. The van der Waals surface area contributed by atoms with Crippen molar-refractivity contribution >= 4 is 23.5 Å². The summed E-state index contributed by atoms with van der Waals surface area (Å²) in [4.78, 5) is 40.4. The van der Waals surface area contributed by atoms with Crippen LogP contribution in [0.5, 0.6) is 5.75 Å². The first-order chi connectivity index (χ1) is 15.3. The molecular formula is C22H28N4O6. The minimum absolute atomic E-state index is 0.0193. The number of carbonyl (C=O) groups excluding carboxylic acids is 3. The van der Waals surface area contributed by atoms with Gasteiger partial charge in [0.05, 0.1) is 26.4 Å². The third-order valence-electron chi connectivity index (χ3n) is 5.12. The van der Waals surface area contributed by atoms with Crippen LogP contribution in [-0.2, 0) is 20.8 Å². The van der Waals surface area contributed by atoms with Gasteiger partial charge >= 0.3 is 5.97 Å². The Morgan fingerprint density at radius 3 is 2.53 bits per heavy atom. The maximum Gasteiger partial charge on any atom is 0.358 e. The molecule has 0 radical (unpaired) electrons. The molecule has 2 amide bonds. The van der Waals surface area contributed by atoms with Gasteiger partial charge in [0, 0.05) is 25.4 Å². The highest BCUT2D eigenvalue weighted by atomic mass is 16.5. The molecule has 0 spiro atoms. The maximum absolute atomic E-state index is 13.5. The number of ether oxygens (including phenoxy) is 3. The molecule has 10 nitrogen and oxygen atoms in total. The second-order valence-corrected chi connectivity index (χ2v) is 7.38. The number of anilines is 1. The number of fused-ring (bicyclic) bond motifs is 1. The molecule has 0 saturated heterocycles. The summed E-state index contributed by atoms with van der Waals surface area (Å²) in [6.45, 7) is 6.61. The fraction of sp³-hybridized carbons (Fsp3) is 0.455. The highest BCUT2D eigenvalue weighted by Gasteiger charge is 2.49. The number of benzene rings is 1. The summed E-state index contributed by atoms with van der Waals surface area (Å²) in [5, 5.41) is 7.04. The molecule has 32 heavy (non-hydrogen) atoms. The Morgan fingerprint density at radius 1 is 1.19 bits per heavy atom. The van der Waals surface area contributed by atoms with Gasteiger partial charge in [-0.1, -0.05) is 0 Å². The van der Waals surface area contributed by atoms with Gasteiger partial charge in [-0.3, -0.25) is 19.2 Å². The molecule has 0 fully saturated rings. The van der Waals surface area contributed by atoms with Crippen molar-refractivity contribution < 1.29 is 28.6 Å². The average molecular weight is 444 g/mol. The van der Waals surface area contributed by atoms with Crippen molar-refractivity contribution in [3.05, 3.63) is 41.7 Å². The second kappa shape index (κ2) is 9.82. The second-order valence-electron chi connectivity index (χ2n) is 7.38. The molecule has 1 aromatic heterocycles. The van der Waals surface area contributed by atoms with Crippen LogP contribution in [0, 0.1) is 0 Å². The lowest BCUT2D eigenvalue weighted by Crippen LogP contribution is -2.64. The van der Waals surface area contributed by atoms with Crippen LogP contribution in [0.15, 0.2) is 30.3 Å². The van der Waals surface area contributed by atoms with E-state index in [-0.39, 0.29) is 37.0 Å². The molecule has 172 valence electrons. The van der Waals surface area contributed by atoms with E-state index in [0.717, 1.165) is 0 Å². The van der Waals surface area contributed by atoms with Gasteiger partial charge in [-0.05, 0) is 45.0 Å². The first-order valence-corrected chi connectivity index (χ1v) is 10.4. The summed E-state index contributed by atoms with van der Waals surface area (Å²) in [5.41, 5.74) is -0.564. The Morgan fingerprint density at radius 2 is 1.91 bits per heavy atom. The number of aromatic nitrogens is 2. The fourth-order valence-electron chi connectivity index (χ4n) is 3.61. The zero-order valence-electron chi connectivity index (χ0n) is 18.7. The first-order valence-electron chi connectivity index (χ1n) is 10.4. The number of carbonyl (C=O) groups is 3. The summed E-state index contributed by atoms with van der Waals surface area (Å²) >= 11 is 0. The number of hydrogen-bond acceptors (Lipinski definition) is 7. The van der Waals surface area contributed by atoms with E-state index in [4.69, 9.17) is 14.2 Å². The van der Waals surface area contributed by atoms with E-state index in [2.05, 4.69) is 10.4 Å². The SMILES string of the molecule is CCOC(=O)c1cc2n(n1)CC(C)(C(=O)NCCOC)N(c1ccc(OCC)cc1)C2=O. The minimum Gasteiger partial charge on any atom is -0.494 e. The van der Waals surface area contributed by atoms with Gasteiger partial charge in [0.2, 0.25) is 5.91 Å². The largest absolute Gasteiger partial charge is 0.494 e. The van der Waals surface area contributed by atoms with Crippen molar-refractivity contribution in [1.82, 2.24) is 15.1 Å². The normalized spacial score (nSPS) is 17.6. The van der Waals surface area contributed by atoms with Crippen molar-refractivity contribution in [3.63, 3.8) is 0 Å². The number of amides is 2. The Hall–Kier alpha value is -3.40. The molecule has 1 unspecified atom stereocenters. The zero-order valence-corrected chi connectivity index (χ0v) is 18.7. The lowest BCUT2D eigenvalue weighted by atomic mass is 9.94.